The molecular weight excluding hydrogens is 274 g/mol. The van der Waals surface area contributed by atoms with Crippen molar-refractivity contribution in [3.63, 3.8) is 0 Å². The number of ketones is 1. The monoisotopic (exact) mass is 291 g/mol. The van der Waals surface area contributed by atoms with Crippen molar-refractivity contribution in [2.75, 3.05) is 6.54 Å². The molecule has 0 aliphatic rings. The molecule has 0 bridgehead atoms. The summed E-state index contributed by atoms with van der Waals surface area (Å²) in [6.45, 7) is 0.586. The number of amides is 1. The van der Waals surface area contributed by atoms with E-state index in [-0.39, 0.29) is 5.78 Å². The minimum Gasteiger partial charge on any atom is -0.348 e. The van der Waals surface area contributed by atoms with Gasteiger partial charge in [0, 0.05) is 0 Å². The Morgan fingerprint density at radius 2 is 2.20 bits per heavy atom. The highest BCUT2D eigenvalue weighted by molar-refractivity contribution is 7.20. The molecule has 0 fully saturated rings. The smallest absolute Gasteiger partial charge is 0.213 e. The van der Waals surface area contributed by atoms with Crippen molar-refractivity contribution in [2.45, 2.75) is 25.3 Å². The van der Waals surface area contributed by atoms with E-state index < -0.39 is 6.04 Å². The summed E-state index contributed by atoms with van der Waals surface area (Å²) in [6, 6.07) is 7.09. The third-order valence-electron chi connectivity index (χ3n) is 3.04. The molecule has 1 heterocycles. The summed E-state index contributed by atoms with van der Waals surface area (Å²) in [5.41, 5.74) is 6.25. The zero-order chi connectivity index (χ0) is 14.4. The summed E-state index contributed by atoms with van der Waals surface area (Å²) >= 11 is 1.36. The topological polar surface area (TPSA) is 85.1 Å². The maximum absolute atomic E-state index is 12.4. The van der Waals surface area contributed by atoms with Gasteiger partial charge in [-0.1, -0.05) is 12.1 Å². The van der Waals surface area contributed by atoms with Crippen LogP contribution in [0.1, 0.15) is 29.1 Å². The third-order valence-corrected chi connectivity index (χ3v) is 4.09. The molecule has 0 saturated heterocycles. The Kier molecular flexibility index (Phi) is 5.20. The molecule has 20 heavy (non-hydrogen) atoms. The van der Waals surface area contributed by atoms with Gasteiger partial charge in [0.2, 0.25) is 12.2 Å². The zero-order valence-electron chi connectivity index (χ0n) is 11.0. The quantitative estimate of drug-likeness (QED) is 0.440. The molecular formula is C14H17N3O2S. The first-order valence-electron chi connectivity index (χ1n) is 6.56. The van der Waals surface area contributed by atoms with Crippen molar-refractivity contribution in [3.05, 3.63) is 29.3 Å². The molecule has 0 saturated carbocycles. The summed E-state index contributed by atoms with van der Waals surface area (Å²) in [7, 11) is 0. The molecule has 0 spiro atoms. The Labute approximate surface area is 121 Å². The molecule has 1 amide bonds. The second kappa shape index (κ2) is 7.12. The maximum atomic E-state index is 12.4. The standard InChI is InChI=1S/C14H17N3O2S/c15-8-4-3-6-11(16-9-18)13(19)14-17-10-5-1-2-7-12(10)20-14/h1-2,5,7,9,11H,3-4,6,8,15H2,(H,16,18). The van der Waals surface area contributed by atoms with Gasteiger partial charge < -0.3 is 11.1 Å². The van der Waals surface area contributed by atoms with Crippen LogP contribution in [0.3, 0.4) is 0 Å². The number of Topliss-reactive ketones (excluding diaryl/α,β-unsaturated/α-hetero) is 1. The van der Waals surface area contributed by atoms with Crippen LogP contribution in [0.4, 0.5) is 0 Å². The summed E-state index contributed by atoms with van der Waals surface area (Å²) in [5.74, 6) is -0.129. The van der Waals surface area contributed by atoms with E-state index in [0.29, 0.717) is 24.4 Å². The van der Waals surface area contributed by atoms with Gasteiger partial charge in [-0.25, -0.2) is 4.98 Å². The van der Waals surface area contributed by atoms with E-state index in [1.807, 2.05) is 24.3 Å². The Balaban J connectivity index is 2.15. The lowest BCUT2D eigenvalue weighted by atomic mass is 10.1. The molecule has 1 aromatic heterocycles. The number of fused-ring (bicyclic) bond motifs is 1. The number of rotatable bonds is 8. The molecule has 1 atom stereocenters. The van der Waals surface area contributed by atoms with E-state index in [4.69, 9.17) is 5.73 Å². The predicted octanol–water partition coefficient (Wildman–Crippen LogP) is 1.72. The number of aromatic nitrogens is 1. The fraction of sp³-hybridized carbons (Fsp3) is 0.357. The number of thiazole rings is 1. The van der Waals surface area contributed by atoms with Gasteiger partial charge in [0.25, 0.3) is 0 Å². The number of hydrogen-bond acceptors (Lipinski definition) is 5. The highest BCUT2D eigenvalue weighted by atomic mass is 32.1. The first kappa shape index (κ1) is 14.6. The van der Waals surface area contributed by atoms with E-state index >= 15 is 0 Å². The van der Waals surface area contributed by atoms with Gasteiger partial charge in [-0.15, -0.1) is 11.3 Å². The molecule has 2 aromatic rings. The zero-order valence-corrected chi connectivity index (χ0v) is 11.9. The van der Waals surface area contributed by atoms with E-state index in [0.717, 1.165) is 23.1 Å². The van der Waals surface area contributed by atoms with Crippen LogP contribution < -0.4 is 11.1 Å². The first-order valence-corrected chi connectivity index (χ1v) is 7.37. The number of nitrogens with two attached hydrogens (primary N) is 1. The summed E-state index contributed by atoms with van der Waals surface area (Å²) < 4.78 is 0.975. The van der Waals surface area contributed by atoms with Crippen LogP contribution >= 0.6 is 11.3 Å². The maximum Gasteiger partial charge on any atom is 0.213 e. The lowest BCUT2D eigenvalue weighted by molar-refractivity contribution is -0.110. The van der Waals surface area contributed by atoms with Crippen LogP contribution in [-0.4, -0.2) is 29.8 Å². The van der Waals surface area contributed by atoms with Gasteiger partial charge in [0.15, 0.2) is 5.01 Å². The van der Waals surface area contributed by atoms with Gasteiger partial charge in [0.05, 0.1) is 16.3 Å². The second-order valence-electron chi connectivity index (χ2n) is 4.47. The first-order chi connectivity index (χ1) is 9.76. The van der Waals surface area contributed by atoms with Crippen LogP contribution in [0, 0.1) is 0 Å². The van der Waals surface area contributed by atoms with Gasteiger partial charge in [-0.2, -0.15) is 0 Å². The summed E-state index contributed by atoms with van der Waals surface area (Å²) in [5, 5.41) is 3.02. The van der Waals surface area contributed by atoms with Crippen LogP contribution in [0.5, 0.6) is 0 Å². The molecule has 0 radical (unpaired) electrons. The molecule has 1 unspecified atom stereocenters. The van der Waals surface area contributed by atoms with Gasteiger partial charge >= 0.3 is 0 Å². The van der Waals surface area contributed by atoms with Crippen LogP contribution in [0.25, 0.3) is 10.2 Å². The predicted molar refractivity (Wildman–Crippen MR) is 79.8 cm³/mol. The summed E-state index contributed by atoms with van der Waals surface area (Å²) in [4.78, 5) is 27.4. The number of para-hydroxylation sites is 1. The van der Waals surface area contributed by atoms with Gasteiger partial charge in [0.1, 0.15) is 0 Å². The molecule has 2 rings (SSSR count). The Morgan fingerprint density at radius 3 is 2.90 bits per heavy atom. The van der Waals surface area contributed by atoms with Gasteiger partial charge in [-0.3, -0.25) is 9.59 Å². The number of benzene rings is 1. The fourth-order valence-electron chi connectivity index (χ4n) is 1.99. The number of unbranched alkanes of at least 4 members (excludes halogenated alkanes) is 1. The molecule has 0 aliphatic heterocycles. The van der Waals surface area contributed by atoms with E-state index in [1.54, 1.807) is 0 Å². The fourth-order valence-corrected chi connectivity index (χ4v) is 2.95. The van der Waals surface area contributed by atoms with Crippen LogP contribution in [-0.2, 0) is 4.79 Å². The van der Waals surface area contributed by atoms with Crippen LogP contribution in [0.2, 0.25) is 0 Å². The number of hydrogen-bond donors (Lipinski definition) is 2. The Hall–Kier alpha value is -1.79. The molecule has 106 valence electrons. The lowest BCUT2D eigenvalue weighted by Gasteiger charge is -2.12. The largest absolute Gasteiger partial charge is 0.348 e. The second-order valence-corrected chi connectivity index (χ2v) is 5.50. The van der Waals surface area contributed by atoms with Crippen molar-refractivity contribution >= 4 is 33.7 Å². The van der Waals surface area contributed by atoms with E-state index in [2.05, 4.69) is 10.3 Å². The molecule has 6 heteroatoms. The van der Waals surface area contributed by atoms with Crippen molar-refractivity contribution in [3.8, 4) is 0 Å². The van der Waals surface area contributed by atoms with E-state index in [9.17, 15) is 9.59 Å². The lowest BCUT2D eigenvalue weighted by Crippen LogP contribution is -2.36. The minimum absolute atomic E-state index is 0.129. The molecule has 5 nitrogen and oxygen atoms in total. The normalized spacial score (nSPS) is 12.2. The molecule has 0 aliphatic carbocycles. The highest BCUT2D eigenvalue weighted by Gasteiger charge is 2.22. The number of nitrogens with zero attached hydrogens (tertiary/aromatic N) is 1. The average molecular weight is 291 g/mol. The Bertz CT molecular complexity index is 564. The van der Waals surface area contributed by atoms with Crippen molar-refractivity contribution < 1.29 is 9.59 Å². The molecule has 3 N–H and O–H groups in total. The number of carbonyl (C=O) groups excluding carboxylic acids is 2. The Morgan fingerprint density at radius 1 is 1.40 bits per heavy atom. The van der Waals surface area contributed by atoms with Crippen molar-refractivity contribution in [2.24, 2.45) is 5.73 Å². The van der Waals surface area contributed by atoms with Crippen molar-refractivity contribution in [1.29, 1.82) is 0 Å². The van der Waals surface area contributed by atoms with E-state index in [1.165, 1.54) is 11.3 Å². The third kappa shape index (κ3) is 3.40. The SMILES string of the molecule is NCCCCC(NC=O)C(=O)c1nc2ccccc2s1. The van der Waals surface area contributed by atoms with Crippen molar-refractivity contribution in [1.82, 2.24) is 10.3 Å². The van der Waals surface area contributed by atoms with Crippen LogP contribution in [0.15, 0.2) is 24.3 Å². The number of nitrogens with one attached hydrogen (secondary N) is 1. The molecule has 1 aromatic carbocycles. The highest BCUT2D eigenvalue weighted by Crippen LogP contribution is 2.23. The minimum atomic E-state index is -0.514. The number of carbonyl (C=O) groups is 2. The summed E-state index contributed by atoms with van der Waals surface area (Å²) in [6.07, 6.45) is 2.80. The van der Waals surface area contributed by atoms with Gasteiger partial charge in [-0.05, 0) is 37.9 Å². The average Bonchev–Trinajstić information content (AvgIpc) is 2.89.